The number of amides is 6. The van der Waals surface area contributed by atoms with Crippen LogP contribution in [0.2, 0.25) is 0 Å². The SMILES string of the molecule is CCCOc1c(NC(=O)c2ccc(NC(=O)[C@H](CC(N)=O)NC(=O)c3ccc(NC(=O)C(C)Oc4ccc(C#N)cc4)cc3)cc2)ccc(C(=O)Nc2ccc(C(=O)O)cc2)c1O. The van der Waals surface area contributed by atoms with Gasteiger partial charge in [0, 0.05) is 28.2 Å². The third-order valence-corrected chi connectivity index (χ3v) is 8.99. The van der Waals surface area contributed by atoms with E-state index in [1.807, 2.05) is 13.0 Å². The summed E-state index contributed by atoms with van der Waals surface area (Å²) in [5.41, 5.74) is 6.77. The van der Waals surface area contributed by atoms with Gasteiger partial charge in [0.25, 0.3) is 23.6 Å². The van der Waals surface area contributed by atoms with Crippen molar-refractivity contribution in [2.45, 2.75) is 38.8 Å². The van der Waals surface area contributed by atoms with E-state index in [2.05, 4.69) is 26.6 Å². The van der Waals surface area contributed by atoms with Crippen LogP contribution in [-0.2, 0) is 14.4 Å². The Labute approximate surface area is 360 Å². The predicted octanol–water partition coefficient (Wildman–Crippen LogP) is 5.27. The number of phenolic OH excluding ortho intramolecular Hbond substituents is 1. The Morgan fingerprint density at radius 3 is 1.76 bits per heavy atom. The van der Waals surface area contributed by atoms with Crippen molar-refractivity contribution in [2.75, 3.05) is 27.9 Å². The summed E-state index contributed by atoms with van der Waals surface area (Å²) in [6.07, 6.45) is -0.909. The van der Waals surface area contributed by atoms with Crippen LogP contribution in [0.4, 0.5) is 22.7 Å². The number of nitriles is 1. The number of rotatable bonds is 18. The molecular formula is C45H41N7O11. The number of carboxylic acids is 1. The van der Waals surface area contributed by atoms with Crippen LogP contribution in [-0.4, -0.2) is 70.4 Å². The molecule has 18 heteroatoms. The summed E-state index contributed by atoms with van der Waals surface area (Å²) in [5.74, 6) is -5.65. The summed E-state index contributed by atoms with van der Waals surface area (Å²) < 4.78 is 11.3. The van der Waals surface area contributed by atoms with Gasteiger partial charge in [0.2, 0.25) is 11.8 Å². The van der Waals surface area contributed by atoms with E-state index in [1.54, 1.807) is 31.2 Å². The lowest BCUT2D eigenvalue weighted by Crippen LogP contribution is -2.46. The summed E-state index contributed by atoms with van der Waals surface area (Å²) in [6.45, 7) is 3.50. The number of hydrogen-bond acceptors (Lipinski definition) is 11. The van der Waals surface area contributed by atoms with E-state index in [-0.39, 0.29) is 51.7 Å². The quantitative estimate of drug-likeness (QED) is 0.0559. The van der Waals surface area contributed by atoms with Gasteiger partial charge < -0.3 is 52.0 Å². The second-order valence-corrected chi connectivity index (χ2v) is 13.7. The van der Waals surface area contributed by atoms with Crippen LogP contribution in [0.15, 0.2) is 109 Å². The van der Waals surface area contributed by atoms with Gasteiger partial charge in [0.1, 0.15) is 11.8 Å². The number of carboxylic acid groups (broad SMARTS) is 1. The van der Waals surface area contributed by atoms with Crippen LogP contribution in [0.3, 0.4) is 0 Å². The Bertz CT molecular complexity index is 2560. The Kier molecular flexibility index (Phi) is 15.1. The van der Waals surface area contributed by atoms with Crippen molar-refractivity contribution < 1.29 is 53.2 Å². The first-order valence-electron chi connectivity index (χ1n) is 19.2. The molecule has 0 aliphatic carbocycles. The largest absolute Gasteiger partial charge is 0.504 e. The lowest BCUT2D eigenvalue weighted by molar-refractivity contribution is -0.123. The fourth-order valence-corrected chi connectivity index (χ4v) is 5.69. The third-order valence-electron chi connectivity index (χ3n) is 8.99. The molecule has 0 aliphatic rings. The lowest BCUT2D eigenvalue weighted by Gasteiger charge is -2.18. The topological polar surface area (TPSA) is 288 Å². The zero-order chi connectivity index (χ0) is 45.6. The minimum absolute atomic E-state index is 0.0208. The number of phenols is 1. The summed E-state index contributed by atoms with van der Waals surface area (Å²) in [6, 6.07) is 26.2. The number of nitrogens with zero attached hydrogens (tertiary/aromatic N) is 1. The average Bonchev–Trinajstić information content (AvgIpc) is 3.26. The van der Waals surface area contributed by atoms with E-state index in [0.29, 0.717) is 23.4 Å². The molecule has 0 saturated heterocycles. The minimum atomic E-state index is -1.39. The van der Waals surface area contributed by atoms with Crippen LogP contribution in [0.1, 0.15) is 73.7 Å². The maximum absolute atomic E-state index is 13.3. The Balaban J connectivity index is 1.19. The number of nitrogens with two attached hydrogens (primary N) is 1. The second kappa shape index (κ2) is 21.0. The average molecular weight is 856 g/mol. The molecule has 0 heterocycles. The molecule has 0 aromatic heterocycles. The van der Waals surface area contributed by atoms with Crippen LogP contribution in [0, 0.1) is 11.3 Å². The van der Waals surface area contributed by atoms with Crippen molar-refractivity contribution in [1.29, 1.82) is 5.26 Å². The van der Waals surface area contributed by atoms with Gasteiger partial charge in [-0.25, -0.2) is 4.79 Å². The molecule has 63 heavy (non-hydrogen) atoms. The monoisotopic (exact) mass is 855 g/mol. The highest BCUT2D eigenvalue weighted by Crippen LogP contribution is 2.38. The molecule has 0 saturated carbocycles. The van der Waals surface area contributed by atoms with Crippen molar-refractivity contribution >= 4 is 64.2 Å². The summed E-state index contributed by atoms with van der Waals surface area (Å²) in [5, 5.41) is 42.1. The maximum atomic E-state index is 13.3. The Morgan fingerprint density at radius 2 is 1.22 bits per heavy atom. The molecule has 0 bridgehead atoms. The first kappa shape index (κ1) is 45.4. The summed E-state index contributed by atoms with van der Waals surface area (Å²) in [4.78, 5) is 88.5. The smallest absolute Gasteiger partial charge is 0.335 e. The first-order chi connectivity index (χ1) is 30.1. The highest BCUT2D eigenvalue weighted by molar-refractivity contribution is 6.10. The van der Waals surface area contributed by atoms with Gasteiger partial charge in [-0.05, 0) is 123 Å². The molecular weight excluding hydrogens is 815 g/mol. The molecule has 0 spiro atoms. The van der Waals surface area contributed by atoms with Gasteiger partial charge in [0.15, 0.2) is 17.6 Å². The molecule has 0 aliphatic heterocycles. The van der Waals surface area contributed by atoms with Gasteiger partial charge in [-0.15, -0.1) is 0 Å². The van der Waals surface area contributed by atoms with Gasteiger partial charge in [0.05, 0.1) is 41.5 Å². The molecule has 322 valence electrons. The predicted molar refractivity (Wildman–Crippen MR) is 230 cm³/mol. The molecule has 5 aromatic rings. The number of anilines is 4. The van der Waals surface area contributed by atoms with Crippen LogP contribution < -0.4 is 41.8 Å². The molecule has 5 rings (SSSR count). The Hall–Kier alpha value is -8.72. The minimum Gasteiger partial charge on any atom is -0.504 e. The fourth-order valence-electron chi connectivity index (χ4n) is 5.69. The highest BCUT2D eigenvalue weighted by atomic mass is 16.5. The van der Waals surface area contributed by atoms with Crippen LogP contribution in [0.25, 0.3) is 0 Å². The second-order valence-electron chi connectivity index (χ2n) is 13.7. The van der Waals surface area contributed by atoms with Crippen molar-refractivity contribution in [3.8, 4) is 23.3 Å². The number of nitrogens with one attached hydrogen (secondary N) is 5. The number of ether oxygens (including phenoxy) is 2. The normalized spacial score (nSPS) is 11.4. The van der Waals surface area contributed by atoms with E-state index in [0.717, 1.165) is 0 Å². The zero-order valence-electron chi connectivity index (χ0n) is 33.8. The Morgan fingerprint density at radius 1 is 0.683 bits per heavy atom. The van der Waals surface area contributed by atoms with E-state index < -0.39 is 65.7 Å². The number of primary amides is 1. The van der Waals surface area contributed by atoms with Gasteiger partial charge in [-0.2, -0.15) is 5.26 Å². The zero-order valence-corrected chi connectivity index (χ0v) is 33.8. The molecule has 0 radical (unpaired) electrons. The van der Waals surface area contributed by atoms with Gasteiger partial charge in [-0.1, -0.05) is 6.92 Å². The first-order valence-corrected chi connectivity index (χ1v) is 19.2. The van der Waals surface area contributed by atoms with Gasteiger partial charge >= 0.3 is 5.97 Å². The van der Waals surface area contributed by atoms with E-state index in [1.165, 1.54) is 84.9 Å². The van der Waals surface area contributed by atoms with E-state index in [4.69, 9.17) is 25.6 Å². The standard InChI is InChI=1S/C45H41N7O11/c1-3-22-62-39-35(21-20-34(38(39)54)43(58)49-31-16-10-29(11-17-31)45(60)61)51-41(56)27-8-14-32(15-9-27)50-44(59)36(23-37(47)53)52-42(57)28-6-12-30(13-7-28)48-40(55)25(2)63-33-18-4-26(24-46)5-19-33/h4-21,25,36,54H,3,22-23H2,1-2H3,(H2,47,53)(H,48,55)(H,49,58)(H,50,59)(H,51,56)(H,52,57)(H,60,61)/t25?,36-/m0/s1. The molecule has 1 unspecified atom stereocenters. The molecule has 5 aromatic carbocycles. The van der Waals surface area contributed by atoms with Crippen molar-refractivity contribution in [3.05, 3.63) is 137 Å². The number of carbonyl (C=O) groups is 7. The van der Waals surface area contributed by atoms with E-state index >= 15 is 0 Å². The third kappa shape index (κ3) is 12.4. The molecule has 18 nitrogen and oxygen atoms in total. The summed E-state index contributed by atoms with van der Waals surface area (Å²) >= 11 is 0. The number of carbonyl (C=O) groups excluding carboxylic acids is 6. The molecule has 0 fully saturated rings. The lowest BCUT2D eigenvalue weighted by atomic mass is 10.1. The van der Waals surface area contributed by atoms with E-state index in [9.17, 15) is 38.7 Å². The number of hydrogen-bond donors (Lipinski definition) is 8. The summed E-state index contributed by atoms with van der Waals surface area (Å²) in [7, 11) is 0. The maximum Gasteiger partial charge on any atom is 0.335 e. The van der Waals surface area contributed by atoms with Crippen LogP contribution in [0.5, 0.6) is 17.2 Å². The molecule has 2 atom stereocenters. The molecule has 9 N–H and O–H groups in total. The van der Waals surface area contributed by atoms with Crippen molar-refractivity contribution in [1.82, 2.24) is 5.32 Å². The van der Waals surface area contributed by atoms with Crippen molar-refractivity contribution in [3.63, 3.8) is 0 Å². The van der Waals surface area contributed by atoms with Crippen molar-refractivity contribution in [2.24, 2.45) is 5.73 Å². The van der Waals surface area contributed by atoms with Gasteiger partial charge in [-0.3, -0.25) is 28.8 Å². The number of aromatic carboxylic acids is 1. The van der Waals surface area contributed by atoms with Crippen LogP contribution >= 0.6 is 0 Å². The number of aromatic hydroxyl groups is 1. The fraction of sp³-hybridized carbons (Fsp3) is 0.156. The number of benzene rings is 5. The molecule has 6 amide bonds. The highest BCUT2D eigenvalue weighted by Gasteiger charge is 2.25.